The first-order chi connectivity index (χ1) is 8.18. The Bertz CT molecular complexity index is 334. The highest BCUT2D eigenvalue weighted by molar-refractivity contribution is 5.20. The van der Waals surface area contributed by atoms with Gasteiger partial charge in [-0.05, 0) is 46.5 Å². The van der Waals surface area contributed by atoms with Crippen LogP contribution in [-0.2, 0) is 0 Å². The van der Waals surface area contributed by atoms with Crippen molar-refractivity contribution in [1.82, 2.24) is 0 Å². The molecule has 1 aliphatic carbocycles. The predicted octanol–water partition coefficient (Wildman–Crippen LogP) is 2.03. The first-order valence-corrected chi connectivity index (χ1v) is 6.59. The first-order valence-electron chi connectivity index (χ1n) is 6.59. The third kappa shape index (κ3) is 3.67. The van der Waals surface area contributed by atoms with Gasteiger partial charge < -0.3 is 15.3 Å². The minimum atomic E-state index is -0.788. The van der Waals surface area contributed by atoms with Gasteiger partial charge >= 0.3 is 0 Å². The molecule has 3 nitrogen and oxygen atoms in total. The van der Waals surface area contributed by atoms with Gasteiger partial charge in [0.2, 0.25) is 0 Å². The average molecular weight is 254 g/mol. The van der Waals surface area contributed by atoms with Crippen LogP contribution < -0.4 is 0 Å². The van der Waals surface area contributed by atoms with Crippen LogP contribution in [0.25, 0.3) is 0 Å². The highest BCUT2D eigenvalue weighted by atomic mass is 16.3. The summed E-state index contributed by atoms with van der Waals surface area (Å²) < 4.78 is 0. The van der Waals surface area contributed by atoms with Gasteiger partial charge in [-0.25, -0.2) is 0 Å². The van der Waals surface area contributed by atoms with E-state index in [1.54, 1.807) is 19.9 Å². The molecule has 0 radical (unpaired) electrons. The lowest BCUT2D eigenvalue weighted by Gasteiger charge is -2.33. The van der Waals surface area contributed by atoms with Gasteiger partial charge in [-0.15, -0.1) is 0 Å². The van der Waals surface area contributed by atoms with E-state index in [0.29, 0.717) is 6.42 Å². The molecule has 0 aromatic heterocycles. The standard InChI is InChI=1S/C15H26O3/c1-11(8-10-16)5-6-13-12(14(2,3)17)7-9-15(13,4)18/h5-6,8,12-13,16-18H,7,9-10H2,1-4H3/b6-5+,11-8+. The molecule has 0 aliphatic heterocycles. The van der Waals surface area contributed by atoms with Crippen LogP contribution in [0.2, 0.25) is 0 Å². The van der Waals surface area contributed by atoms with Crippen LogP contribution in [0.5, 0.6) is 0 Å². The summed E-state index contributed by atoms with van der Waals surface area (Å²) in [5.41, 5.74) is -0.584. The van der Waals surface area contributed by atoms with E-state index in [1.807, 2.05) is 26.0 Å². The van der Waals surface area contributed by atoms with E-state index in [2.05, 4.69) is 0 Å². The zero-order chi connectivity index (χ0) is 14.0. The van der Waals surface area contributed by atoms with Crippen LogP contribution in [0.4, 0.5) is 0 Å². The van der Waals surface area contributed by atoms with Gasteiger partial charge in [0.15, 0.2) is 0 Å². The maximum Gasteiger partial charge on any atom is 0.0686 e. The minimum Gasteiger partial charge on any atom is -0.392 e. The normalized spacial score (nSPS) is 34.5. The van der Waals surface area contributed by atoms with Crippen molar-refractivity contribution >= 4 is 0 Å². The molecule has 0 aromatic rings. The van der Waals surface area contributed by atoms with Gasteiger partial charge in [0.25, 0.3) is 0 Å². The number of aliphatic hydroxyl groups excluding tert-OH is 1. The summed E-state index contributed by atoms with van der Waals surface area (Å²) in [6.07, 6.45) is 7.14. The molecule has 3 unspecified atom stereocenters. The molecule has 0 bridgehead atoms. The molecule has 104 valence electrons. The van der Waals surface area contributed by atoms with E-state index in [0.717, 1.165) is 12.0 Å². The molecule has 3 N–H and O–H groups in total. The maximum absolute atomic E-state index is 10.4. The van der Waals surface area contributed by atoms with Crippen molar-refractivity contribution in [3.8, 4) is 0 Å². The Morgan fingerprint density at radius 2 is 2.06 bits per heavy atom. The first kappa shape index (κ1) is 15.4. The van der Waals surface area contributed by atoms with Crippen molar-refractivity contribution in [2.24, 2.45) is 11.8 Å². The molecule has 0 amide bonds. The van der Waals surface area contributed by atoms with E-state index in [9.17, 15) is 10.2 Å². The Morgan fingerprint density at radius 1 is 1.44 bits per heavy atom. The zero-order valence-corrected chi connectivity index (χ0v) is 11.8. The summed E-state index contributed by atoms with van der Waals surface area (Å²) in [4.78, 5) is 0. The van der Waals surface area contributed by atoms with E-state index in [1.165, 1.54) is 0 Å². The van der Waals surface area contributed by atoms with Crippen molar-refractivity contribution in [1.29, 1.82) is 0 Å². The summed E-state index contributed by atoms with van der Waals surface area (Å²) in [5.74, 6) is 0.00483. The Balaban J connectivity index is 2.90. The molecule has 0 saturated heterocycles. The second-order valence-electron chi connectivity index (χ2n) is 6.17. The third-order valence-electron chi connectivity index (χ3n) is 4.00. The molecule has 1 rings (SSSR count). The van der Waals surface area contributed by atoms with Crippen molar-refractivity contribution in [2.75, 3.05) is 6.61 Å². The lowest BCUT2D eigenvalue weighted by molar-refractivity contribution is -0.0294. The zero-order valence-electron chi connectivity index (χ0n) is 11.8. The van der Waals surface area contributed by atoms with Crippen LogP contribution in [0.1, 0.15) is 40.5 Å². The molecule has 0 spiro atoms. The summed E-state index contributed by atoms with van der Waals surface area (Å²) in [6, 6.07) is 0. The summed E-state index contributed by atoms with van der Waals surface area (Å²) >= 11 is 0. The van der Waals surface area contributed by atoms with Crippen LogP contribution >= 0.6 is 0 Å². The third-order valence-corrected chi connectivity index (χ3v) is 4.00. The second-order valence-corrected chi connectivity index (χ2v) is 6.17. The molecule has 3 atom stereocenters. The average Bonchev–Trinajstić information content (AvgIpc) is 2.50. The lowest BCUT2D eigenvalue weighted by Crippen LogP contribution is -2.39. The Kier molecular flexibility index (Phi) is 4.76. The van der Waals surface area contributed by atoms with Crippen molar-refractivity contribution in [3.63, 3.8) is 0 Å². The van der Waals surface area contributed by atoms with Crippen molar-refractivity contribution in [2.45, 2.75) is 51.7 Å². The van der Waals surface area contributed by atoms with E-state index < -0.39 is 11.2 Å². The Hall–Kier alpha value is -0.640. The van der Waals surface area contributed by atoms with Gasteiger partial charge in [-0.2, -0.15) is 0 Å². The highest BCUT2D eigenvalue weighted by Crippen LogP contribution is 2.46. The molecule has 18 heavy (non-hydrogen) atoms. The molecule has 1 fully saturated rings. The van der Waals surface area contributed by atoms with Crippen molar-refractivity contribution in [3.05, 3.63) is 23.8 Å². The van der Waals surface area contributed by atoms with E-state index in [4.69, 9.17) is 5.11 Å². The predicted molar refractivity (Wildman–Crippen MR) is 73.1 cm³/mol. The molecule has 1 saturated carbocycles. The SMILES string of the molecule is CC(/C=C/C1C(C(C)(C)O)CCC1(C)O)=C\CO. The van der Waals surface area contributed by atoms with Crippen LogP contribution in [-0.4, -0.2) is 33.1 Å². The smallest absolute Gasteiger partial charge is 0.0686 e. The Morgan fingerprint density at radius 3 is 2.56 bits per heavy atom. The minimum absolute atomic E-state index is 0.0200. The fourth-order valence-electron chi connectivity index (χ4n) is 2.83. The quantitative estimate of drug-likeness (QED) is 0.673. The monoisotopic (exact) mass is 254 g/mol. The summed E-state index contributed by atoms with van der Waals surface area (Å²) in [6.45, 7) is 7.37. The number of allylic oxidation sites excluding steroid dienone is 2. The number of aliphatic hydroxyl groups is 3. The molecular weight excluding hydrogens is 228 g/mol. The fraction of sp³-hybridized carbons (Fsp3) is 0.733. The fourth-order valence-corrected chi connectivity index (χ4v) is 2.83. The summed E-state index contributed by atoms with van der Waals surface area (Å²) in [5, 5.41) is 29.4. The van der Waals surface area contributed by atoms with Crippen molar-refractivity contribution < 1.29 is 15.3 Å². The van der Waals surface area contributed by atoms with Crippen LogP contribution in [0, 0.1) is 11.8 Å². The van der Waals surface area contributed by atoms with Gasteiger partial charge in [-0.1, -0.05) is 23.8 Å². The number of rotatable bonds is 4. The lowest BCUT2D eigenvalue weighted by atomic mass is 9.78. The molecule has 1 aliphatic rings. The largest absolute Gasteiger partial charge is 0.392 e. The van der Waals surface area contributed by atoms with Crippen LogP contribution in [0.15, 0.2) is 23.8 Å². The van der Waals surface area contributed by atoms with Gasteiger partial charge in [0, 0.05) is 5.92 Å². The number of hydrogen-bond acceptors (Lipinski definition) is 3. The topological polar surface area (TPSA) is 60.7 Å². The van der Waals surface area contributed by atoms with E-state index in [-0.39, 0.29) is 18.4 Å². The number of hydrogen-bond donors (Lipinski definition) is 3. The summed E-state index contributed by atoms with van der Waals surface area (Å²) in [7, 11) is 0. The van der Waals surface area contributed by atoms with Gasteiger partial charge in [0.1, 0.15) is 0 Å². The second kappa shape index (κ2) is 5.55. The Labute approximate surface area is 110 Å². The highest BCUT2D eigenvalue weighted by Gasteiger charge is 2.47. The van der Waals surface area contributed by atoms with Gasteiger partial charge in [0.05, 0.1) is 17.8 Å². The molecule has 0 aromatic carbocycles. The molecule has 0 heterocycles. The maximum atomic E-state index is 10.4. The molecular formula is C15H26O3. The van der Waals surface area contributed by atoms with Crippen LogP contribution in [0.3, 0.4) is 0 Å². The van der Waals surface area contributed by atoms with Gasteiger partial charge in [-0.3, -0.25) is 0 Å². The van der Waals surface area contributed by atoms with E-state index >= 15 is 0 Å². The molecule has 3 heteroatoms.